The number of fused-ring (bicyclic) bond motifs is 1. The van der Waals surface area contributed by atoms with Gasteiger partial charge in [-0.1, -0.05) is 23.8 Å². The van der Waals surface area contributed by atoms with Crippen LogP contribution in [0.2, 0.25) is 0 Å². The zero-order chi connectivity index (χ0) is 10.1. The van der Waals surface area contributed by atoms with E-state index in [2.05, 4.69) is 18.3 Å². The van der Waals surface area contributed by atoms with E-state index in [0.29, 0.717) is 0 Å². The van der Waals surface area contributed by atoms with Crippen LogP contribution in [0.25, 0.3) is 0 Å². The highest BCUT2D eigenvalue weighted by Crippen LogP contribution is 2.22. The topological polar surface area (TPSA) is 29.1 Å². The second-order valence-electron chi connectivity index (χ2n) is 3.90. The van der Waals surface area contributed by atoms with Gasteiger partial charge in [0.1, 0.15) is 0 Å². The van der Waals surface area contributed by atoms with Crippen LogP contribution in [-0.4, -0.2) is 18.9 Å². The molecule has 0 saturated heterocycles. The summed E-state index contributed by atoms with van der Waals surface area (Å²) in [4.78, 5) is 11.9. The Bertz CT molecular complexity index is 371. The molecule has 2 heteroatoms. The van der Waals surface area contributed by atoms with Gasteiger partial charge < -0.3 is 5.32 Å². The average molecular weight is 189 g/mol. The van der Waals surface area contributed by atoms with Crippen molar-refractivity contribution in [2.45, 2.75) is 25.8 Å². The summed E-state index contributed by atoms with van der Waals surface area (Å²) in [5.41, 5.74) is 3.35. The molecule has 0 aliphatic heterocycles. The summed E-state index contributed by atoms with van der Waals surface area (Å²) in [6, 6.07) is 6.11. The normalized spacial score (nSPS) is 20.7. The standard InChI is InChI=1S/C12H15NO/c1-8-3-5-10-9(7-8)4-6-11(13-2)12(10)14/h3,5,7,11,13H,4,6H2,1-2H3. The highest BCUT2D eigenvalue weighted by molar-refractivity contribution is 6.02. The van der Waals surface area contributed by atoms with E-state index in [-0.39, 0.29) is 11.8 Å². The fourth-order valence-corrected chi connectivity index (χ4v) is 2.06. The van der Waals surface area contributed by atoms with E-state index in [1.54, 1.807) is 0 Å². The molecule has 1 atom stereocenters. The number of rotatable bonds is 1. The van der Waals surface area contributed by atoms with Gasteiger partial charge in [-0.25, -0.2) is 0 Å². The van der Waals surface area contributed by atoms with E-state index < -0.39 is 0 Å². The van der Waals surface area contributed by atoms with Gasteiger partial charge in [-0.05, 0) is 32.4 Å². The van der Waals surface area contributed by atoms with Crippen molar-refractivity contribution >= 4 is 5.78 Å². The smallest absolute Gasteiger partial charge is 0.180 e. The summed E-state index contributed by atoms with van der Waals surface area (Å²) in [6.07, 6.45) is 1.93. The second kappa shape index (κ2) is 3.54. The summed E-state index contributed by atoms with van der Waals surface area (Å²) in [5, 5.41) is 3.06. The fraction of sp³-hybridized carbons (Fsp3) is 0.417. The Balaban J connectivity index is 2.41. The molecule has 0 spiro atoms. The number of hydrogen-bond acceptors (Lipinski definition) is 2. The zero-order valence-electron chi connectivity index (χ0n) is 8.63. The van der Waals surface area contributed by atoms with Crippen molar-refractivity contribution in [1.82, 2.24) is 5.32 Å². The third kappa shape index (κ3) is 1.46. The summed E-state index contributed by atoms with van der Waals surface area (Å²) in [6.45, 7) is 2.06. The van der Waals surface area contributed by atoms with Crippen LogP contribution in [0.3, 0.4) is 0 Å². The number of aryl methyl sites for hydroxylation is 2. The average Bonchev–Trinajstić information content (AvgIpc) is 2.18. The minimum atomic E-state index is 0.0187. The molecule has 0 fully saturated rings. The highest BCUT2D eigenvalue weighted by atomic mass is 16.1. The van der Waals surface area contributed by atoms with Crippen LogP contribution in [0, 0.1) is 6.92 Å². The Morgan fingerprint density at radius 1 is 1.43 bits per heavy atom. The van der Waals surface area contributed by atoms with Gasteiger partial charge in [-0.3, -0.25) is 4.79 Å². The first kappa shape index (κ1) is 9.41. The number of carbonyl (C=O) groups excluding carboxylic acids is 1. The van der Waals surface area contributed by atoms with Gasteiger partial charge in [0.15, 0.2) is 5.78 Å². The number of carbonyl (C=O) groups is 1. The molecule has 0 amide bonds. The minimum Gasteiger partial charge on any atom is -0.310 e. The van der Waals surface area contributed by atoms with Gasteiger partial charge in [0.2, 0.25) is 0 Å². The van der Waals surface area contributed by atoms with E-state index in [9.17, 15) is 4.79 Å². The lowest BCUT2D eigenvalue weighted by atomic mass is 9.86. The van der Waals surface area contributed by atoms with E-state index in [0.717, 1.165) is 18.4 Å². The van der Waals surface area contributed by atoms with Crippen molar-refractivity contribution in [2.24, 2.45) is 0 Å². The van der Waals surface area contributed by atoms with E-state index in [1.807, 2.05) is 19.2 Å². The van der Waals surface area contributed by atoms with Gasteiger partial charge >= 0.3 is 0 Å². The third-order valence-electron chi connectivity index (χ3n) is 2.89. The minimum absolute atomic E-state index is 0.0187. The van der Waals surface area contributed by atoms with Crippen molar-refractivity contribution in [3.63, 3.8) is 0 Å². The maximum atomic E-state index is 11.9. The largest absolute Gasteiger partial charge is 0.310 e. The number of benzene rings is 1. The van der Waals surface area contributed by atoms with Gasteiger partial charge in [0, 0.05) is 5.56 Å². The van der Waals surface area contributed by atoms with Gasteiger partial charge in [-0.2, -0.15) is 0 Å². The molecule has 1 aliphatic carbocycles. The van der Waals surface area contributed by atoms with Crippen molar-refractivity contribution < 1.29 is 4.79 Å². The zero-order valence-corrected chi connectivity index (χ0v) is 8.63. The number of nitrogens with one attached hydrogen (secondary N) is 1. The van der Waals surface area contributed by atoms with Crippen LogP contribution in [-0.2, 0) is 6.42 Å². The number of hydrogen-bond donors (Lipinski definition) is 1. The first-order valence-electron chi connectivity index (χ1n) is 5.03. The van der Waals surface area contributed by atoms with Crippen molar-refractivity contribution in [2.75, 3.05) is 7.05 Å². The second-order valence-corrected chi connectivity index (χ2v) is 3.90. The first-order valence-corrected chi connectivity index (χ1v) is 5.03. The van der Waals surface area contributed by atoms with Crippen LogP contribution in [0.5, 0.6) is 0 Å². The first-order chi connectivity index (χ1) is 6.72. The van der Waals surface area contributed by atoms with E-state index in [4.69, 9.17) is 0 Å². The van der Waals surface area contributed by atoms with E-state index in [1.165, 1.54) is 11.1 Å². The molecule has 2 rings (SSSR count). The molecule has 1 aromatic rings. The van der Waals surface area contributed by atoms with Gasteiger partial charge in [0.05, 0.1) is 6.04 Å². The molecule has 2 nitrogen and oxygen atoms in total. The molecule has 0 bridgehead atoms. The quantitative estimate of drug-likeness (QED) is 0.728. The number of Topliss-reactive ketones (excluding diaryl/α,β-unsaturated/α-hetero) is 1. The molecular weight excluding hydrogens is 174 g/mol. The number of likely N-dealkylation sites (N-methyl/N-ethyl adjacent to an activating group) is 1. The lowest BCUT2D eigenvalue weighted by Crippen LogP contribution is -2.37. The maximum absolute atomic E-state index is 11.9. The van der Waals surface area contributed by atoms with Crippen molar-refractivity contribution in [3.05, 3.63) is 34.9 Å². The molecule has 1 unspecified atom stereocenters. The SMILES string of the molecule is CNC1CCc2cc(C)ccc2C1=O. The predicted octanol–water partition coefficient (Wildman–Crippen LogP) is 1.71. The van der Waals surface area contributed by atoms with Gasteiger partial charge in [-0.15, -0.1) is 0 Å². The Labute approximate surface area is 84.3 Å². The molecule has 0 aromatic heterocycles. The summed E-state index contributed by atoms with van der Waals surface area (Å²) in [5.74, 6) is 0.244. The highest BCUT2D eigenvalue weighted by Gasteiger charge is 2.25. The Hall–Kier alpha value is -1.15. The van der Waals surface area contributed by atoms with Crippen LogP contribution in [0.1, 0.15) is 27.9 Å². The molecule has 1 aliphatic rings. The van der Waals surface area contributed by atoms with Crippen LogP contribution >= 0.6 is 0 Å². The lowest BCUT2D eigenvalue weighted by molar-refractivity contribution is 0.0933. The van der Waals surface area contributed by atoms with Crippen LogP contribution < -0.4 is 5.32 Å². The molecular formula is C12H15NO. The monoisotopic (exact) mass is 189 g/mol. The molecule has 1 N–H and O–H groups in total. The Kier molecular flexibility index (Phi) is 2.38. The maximum Gasteiger partial charge on any atom is 0.180 e. The fourth-order valence-electron chi connectivity index (χ4n) is 2.06. The molecule has 74 valence electrons. The molecule has 0 heterocycles. The van der Waals surface area contributed by atoms with E-state index >= 15 is 0 Å². The van der Waals surface area contributed by atoms with Crippen LogP contribution in [0.4, 0.5) is 0 Å². The summed E-state index contributed by atoms with van der Waals surface area (Å²) in [7, 11) is 1.85. The third-order valence-corrected chi connectivity index (χ3v) is 2.89. The summed E-state index contributed by atoms with van der Waals surface area (Å²) < 4.78 is 0. The van der Waals surface area contributed by atoms with Crippen molar-refractivity contribution in [1.29, 1.82) is 0 Å². The molecule has 14 heavy (non-hydrogen) atoms. The molecule has 0 saturated carbocycles. The number of ketones is 1. The van der Waals surface area contributed by atoms with Gasteiger partial charge in [0.25, 0.3) is 0 Å². The molecule has 1 aromatic carbocycles. The van der Waals surface area contributed by atoms with Crippen LogP contribution in [0.15, 0.2) is 18.2 Å². The Morgan fingerprint density at radius 2 is 2.21 bits per heavy atom. The Morgan fingerprint density at radius 3 is 2.93 bits per heavy atom. The lowest BCUT2D eigenvalue weighted by Gasteiger charge is -2.22. The summed E-state index contributed by atoms with van der Waals surface area (Å²) >= 11 is 0. The molecule has 0 radical (unpaired) electrons. The predicted molar refractivity (Wildman–Crippen MR) is 56.7 cm³/mol. The van der Waals surface area contributed by atoms with Crippen molar-refractivity contribution in [3.8, 4) is 0 Å².